The topological polar surface area (TPSA) is 45.3 Å². The minimum atomic E-state index is -0.297. The van der Waals surface area contributed by atoms with Gasteiger partial charge in [0.25, 0.3) is 5.91 Å². The lowest BCUT2D eigenvalue weighted by atomic mass is 10.1. The van der Waals surface area contributed by atoms with Gasteiger partial charge in [0.1, 0.15) is 11.5 Å². The Morgan fingerprint density at radius 2 is 2.30 bits per heavy atom. The SMILES string of the molecule is O=C(c1cc(Br)c[nH]1)N(Cc1cccc(F)c1)C[C@@H]1CCCO1. The number of benzene rings is 1. The highest BCUT2D eigenvalue weighted by molar-refractivity contribution is 9.10. The molecule has 1 atom stereocenters. The molecular formula is C17H18BrFN2O2. The number of aromatic nitrogens is 1. The molecule has 6 heteroatoms. The fourth-order valence-corrected chi connectivity index (χ4v) is 3.11. The Labute approximate surface area is 142 Å². The molecule has 0 spiro atoms. The van der Waals surface area contributed by atoms with E-state index in [1.165, 1.54) is 12.1 Å². The Bertz CT molecular complexity index is 683. The van der Waals surface area contributed by atoms with Crippen LogP contribution in [0.5, 0.6) is 0 Å². The Hall–Kier alpha value is -1.66. The smallest absolute Gasteiger partial charge is 0.270 e. The monoisotopic (exact) mass is 380 g/mol. The average Bonchev–Trinajstić information content (AvgIpc) is 3.17. The van der Waals surface area contributed by atoms with Crippen LogP contribution in [-0.2, 0) is 11.3 Å². The van der Waals surface area contributed by atoms with Crippen molar-refractivity contribution in [2.24, 2.45) is 0 Å². The molecule has 0 aliphatic carbocycles. The predicted molar refractivity (Wildman–Crippen MR) is 88.6 cm³/mol. The minimum Gasteiger partial charge on any atom is -0.376 e. The number of rotatable bonds is 5. The normalized spacial score (nSPS) is 17.4. The molecule has 0 radical (unpaired) electrons. The number of halogens is 2. The standard InChI is InChI=1S/C17H18BrFN2O2/c18-13-8-16(20-9-13)17(22)21(11-15-5-2-6-23-15)10-12-3-1-4-14(19)7-12/h1,3-4,7-9,15,20H,2,5-6,10-11H2/t15-/m0/s1. The molecule has 1 N–H and O–H groups in total. The van der Waals surface area contributed by atoms with Gasteiger partial charge in [0, 0.05) is 30.4 Å². The first-order valence-corrected chi connectivity index (χ1v) is 8.40. The predicted octanol–water partition coefficient (Wildman–Crippen LogP) is 3.74. The lowest BCUT2D eigenvalue weighted by molar-refractivity contribution is 0.0503. The van der Waals surface area contributed by atoms with Crippen LogP contribution < -0.4 is 0 Å². The Morgan fingerprint density at radius 1 is 1.43 bits per heavy atom. The van der Waals surface area contributed by atoms with Gasteiger partial charge in [-0.2, -0.15) is 0 Å². The minimum absolute atomic E-state index is 0.0471. The molecule has 2 heterocycles. The van der Waals surface area contributed by atoms with Crippen LogP contribution in [0.1, 0.15) is 28.9 Å². The van der Waals surface area contributed by atoms with Crippen molar-refractivity contribution in [1.29, 1.82) is 0 Å². The van der Waals surface area contributed by atoms with Crippen LogP contribution in [0.2, 0.25) is 0 Å². The molecular weight excluding hydrogens is 363 g/mol. The molecule has 2 aromatic rings. The highest BCUT2D eigenvalue weighted by Crippen LogP contribution is 2.19. The van der Waals surface area contributed by atoms with Gasteiger partial charge in [-0.1, -0.05) is 12.1 Å². The third kappa shape index (κ3) is 4.20. The summed E-state index contributed by atoms with van der Waals surface area (Å²) >= 11 is 3.34. The number of hydrogen-bond acceptors (Lipinski definition) is 2. The third-order valence-electron chi connectivity index (χ3n) is 3.88. The first-order chi connectivity index (χ1) is 11.1. The number of nitrogens with zero attached hydrogens (tertiary/aromatic N) is 1. The number of H-pyrrole nitrogens is 1. The Morgan fingerprint density at radius 3 is 2.96 bits per heavy atom. The number of carbonyl (C=O) groups excluding carboxylic acids is 1. The molecule has 122 valence electrons. The summed E-state index contributed by atoms with van der Waals surface area (Å²) in [5.41, 5.74) is 1.27. The van der Waals surface area contributed by atoms with E-state index >= 15 is 0 Å². The van der Waals surface area contributed by atoms with E-state index in [0.717, 1.165) is 29.5 Å². The van der Waals surface area contributed by atoms with Crippen LogP contribution in [0.3, 0.4) is 0 Å². The van der Waals surface area contributed by atoms with Crippen molar-refractivity contribution in [2.45, 2.75) is 25.5 Å². The quantitative estimate of drug-likeness (QED) is 0.858. The van der Waals surface area contributed by atoms with Gasteiger partial charge in [-0.25, -0.2) is 4.39 Å². The maximum atomic E-state index is 13.4. The molecule has 1 saturated heterocycles. The number of hydrogen-bond donors (Lipinski definition) is 1. The summed E-state index contributed by atoms with van der Waals surface area (Å²) < 4.78 is 19.9. The first kappa shape index (κ1) is 16.2. The van der Waals surface area contributed by atoms with Gasteiger partial charge in [0.05, 0.1) is 6.10 Å². The molecule has 4 nitrogen and oxygen atoms in total. The summed E-state index contributed by atoms with van der Waals surface area (Å²) in [4.78, 5) is 17.4. The van der Waals surface area contributed by atoms with E-state index in [1.54, 1.807) is 23.2 Å². The van der Waals surface area contributed by atoms with Gasteiger partial charge in [0.2, 0.25) is 0 Å². The lowest BCUT2D eigenvalue weighted by Crippen LogP contribution is -2.37. The van der Waals surface area contributed by atoms with Crippen LogP contribution in [0.4, 0.5) is 4.39 Å². The van der Waals surface area contributed by atoms with E-state index in [2.05, 4.69) is 20.9 Å². The van der Waals surface area contributed by atoms with Crippen molar-refractivity contribution in [1.82, 2.24) is 9.88 Å². The second kappa shape index (κ2) is 7.27. The van der Waals surface area contributed by atoms with E-state index < -0.39 is 0 Å². The number of carbonyl (C=O) groups is 1. The summed E-state index contributed by atoms with van der Waals surface area (Å²) in [6, 6.07) is 8.09. The summed E-state index contributed by atoms with van der Waals surface area (Å²) in [6.07, 6.45) is 3.73. The summed E-state index contributed by atoms with van der Waals surface area (Å²) in [5, 5.41) is 0. The largest absolute Gasteiger partial charge is 0.376 e. The van der Waals surface area contributed by atoms with Gasteiger partial charge >= 0.3 is 0 Å². The van der Waals surface area contributed by atoms with Crippen molar-refractivity contribution in [3.05, 3.63) is 58.1 Å². The zero-order chi connectivity index (χ0) is 16.2. The molecule has 1 aromatic heterocycles. The highest BCUT2D eigenvalue weighted by Gasteiger charge is 2.24. The van der Waals surface area contributed by atoms with E-state index in [0.29, 0.717) is 18.8 Å². The summed E-state index contributed by atoms with van der Waals surface area (Å²) in [6.45, 7) is 1.60. The molecule has 1 fully saturated rings. The molecule has 23 heavy (non-hydrogen) atoms. The van der Waals surface area contributed by atoms with Crippen molar-refractivity contribution in [3.63, 3.8) is 0 Å². The molecule has 0 saturated carbocycles. The zero-order valence-electron chi connectivity index (χ0n) is 12.6. The van der Waals surface area contributed by atoms with Crippen LogP contribution >= 0.6 is 15.9 Å². The van der Waals surface area contributed by atoms with Crippen molar-refractivity contribution >= 4 is 21.8 Å². The fraction of sp³-hybridized carbons (Fsp3) is 0.353. The fourth-order valence-electron chi connectivity index (χ4n) is 2.77. The Kier molecular flexibility index (Phi) is 5.13. The Balaban J connectivity index is 1.78. The van der Waals surface area contributed by atoms with Crippen molar-refractivity contribution in [3.8, 4) is 0 Å². The van der Waals surface area contributed by atoms with Crippen molar-refractivity contribution < 1.29 is 13.9 Å². The van der Waals surface area contributed by atoms with Crippen LogP contribution in [0, 0.1) is 5.82 Å². The van der Waals surface area contributed by atoms with Gasteiger partial charge < -0.3 is 14.6 Å². The number of amides is 1. The van der Waals surface area contributed by atoms with Gasteiger partial charge in [-0.15, -0.1) is 0 Å². The van der Waals surface area contributed by atoms with Crippen molar-refractivity contribution in [2.75, 3.05) is 13.2 Å². The van der Waals surface area contributed by atoms with E-state index in [4.69, 9.17) is 4.74 Å². The maximum absolute atomic E-state index is 13.4. The van der Waals surface area contributed by atoms with Gasteiger partial charge in [0.15, 0.2) is 0 Å². The number of aromatic amines is 1. The van der Waals surface area contributed by atoms with Gasteiger partial charge in [-0.3, -0.25) is 4.79 Å². The third-order valence-corrected chi connectivity index (χ3v) is 4.33. The second-order valence-corrected chi connectivity index (χ2v) is 6.60. The lowest BCUT2D eigenvalue weighted by Gasteiger charge is -2.25. The molecule has 3 rings (SSSR count). The number of ether oxygens (including phenoxy) is 1. The summed E-state index contributed by atoms with van der Waals surface area (Å²) in [7, 11) is 0. The van der Waals surface area contributed by atoms with E-state index in [-0.39, 0.29) is 17.8 Å². The highest BCUT2D eigenvalue weighted by atomic mass is 79.9. The molecule has 0 bridgehead atoms. The maximum Gasteiger partial charge on any atom is 0.270 e. The molecule has 0 unspecified atom stereocenters. The zero-order valence-corrected chi connectivity index (χ0v) is 14.2. The number of nitrogens with one attached hydrogen (secondary N) is 1. The van der Waals surface area contributed by atoms with Crippen LogP contribution in [0.25, 0.3) is 0 Å². The van der Waals surface area contributed by atoms with Crippen LogP contribution in [-0.4, -0.2) is 35.0 Å². The van der Waals surface area contributed by atoms with Crippen LogP contribution in [0.15, 0.2) is 41.0 Å². The summed E-state index contributed by atoms with van der Waals surface area (Å²) in [5.74, 6) is -0.412. The van der Waals surface area contributed by atoms with Gasteiger partial charge in [-0.05, 0) is 52.5 Å². The molecule has 1 aliphatic rings. The molecule has 1 aromatic carbocycles. The molecule has 1 aliphatic heterocycles. The van der Waals surface area contributed by atoms with E-state index in [9.17, 15) is 9.18 Å². The first-order valence-electron chi connectivity index (χ1n) is 7.61. The average molecular weight is 381 g/mol. The van der Waals surface area contributed by atoms with E-state index in [1.807, 2.05) is 6.07 Å². The second-order valence-electron chi connectivity index (χ2n) is 5.68. The molecule has 1 amide bonds.